The highest BCUT2D eigenvalue weighted by molar-refractivity contribution is 6.28. The second-order valence-electron chi connectivity index (χ2n) is 2.87. The lowest BCUT2D eigenvalue weighted by molar-refractivity contribution is -0.640. The molecular formula is C11H10ClN2+. The van der Waals surface area contributed by atoms with Gasteiger partial charge in [-0.3, -0.25) is 0 Å². The summed E-state index contributed by atoms with van der Waals surface area (Å²) in [7, 11) is 0. The number of hydrogen-bond donors (Lipinski definition) is 1. The molecule has 2 nitrogen and oxygen atoms in total. The number of benzene rings is 1. The van der Waals surface area contributed by atoms with E-state index in [4.69, 9.17) is 11.6 Å². The summed E-state index contributed by atoms with van der Waals surface area (Å²) in [4.78, 5) is 0. The van der Waals surface area contributed by atoms with Crippen LogP contribution >= 0.6 is 11.6 Å². The van der Waals surface area contributed by atoms with E-state index in [0.717, 1.165) is 5.69 Å². The minimum Gasteiger partial charge on any atom is -0.159 e. The number of nitrogens with one attached hydrogen (secondary N) is 1. The van der Waals surface area contributed by atoms with E-state index in [1.165, 1.54) is 0 Å². The molecule has 1 aromatic carbocycles. The molecule has 0 amide bonds. The molecule has 0 aliphatic heterocycles. The minimum absolute atomic E-state index is 0.649. The summed E-state index contributed by atoms with van der Waals surface area (Å²) in [5.41, 5.74) is 4.16. The van der Waals surface area contributed by atoms with Crippen molar-refractivity contribution in [3.05, 3.63) is 59.9 Å². The number of hydrogen-bond acceptors (Lipinski definition) is 1. The summed E-state index contributed by atoms with van der Waals surface area (Å²) in [6.45, 7) is 0. The van der Waals surface area contributed by atoms with E-state index in [1.54, 1.807) is 4.68 Å². The second-order valence-corrected chi connectivity index (χ2v) is 3.26. The molecule has 0 saturated carbocycles. The number of nitrogens with zero attached hydrogens (tertiary/aromatic N) is 1. The third-order valence-electron chi connectivity index (χ3n) is 1.83. The van der Waals surface area contributed by atoms with Gasteiger partial charge in [0.15, 0.2) is 0 Å². The lowest BCUT2D eigenvalue weighted by atomic mass is 10.3. The Balaban J connectivity index is 2.24. The third kappa shape index (κ3) is 2.03. The summed E-state index contributed by atoms with van der Waals surface area (Å²) in [5.74, 6) is 0. The van der Waals surface area contributed by atoms with Gasteiger partial charge in [-0.2, -0.15) is 5.43 Å². The average molecular weight is 206 g/mol. The number of pyridine rings is 1. The van der Waals surface area contributed by atoms with Gasteiger partial charge >= 0.3 is 5.15 Å². The Morgan fingerprint density at radius 1 is 0.929 bits per heavy atom. The maximum Gasteiger partial charge on any atom is 0.304 e. The van der Waals surface area contributed by atoms with E-state index < -0.39 is 0 Å². The van der Waals surface area contributed by atoms with Crippen LogP contribution in [0.3, 0.4) is 0 Å². The van der Waals surface area contributed by atoms with Crippen molar-refractivity contribution in [2.45, 2.75) is 0 Å². The van der Waals surface area contributed by atoms with Gasteiger partial charge in [0.25, 0.3) is 0 Å². The van der Waals surface area contributed by atoms with Gasteiger partial charge in [0.05, 0.1) is 5.69 Å². The first-order valence-corrected chi connectivity index (χ1v) is 4.72. The van der Waals surface area contributed by atoms with Crippen molar-refractivity contribution in [3.63, 3.8) is 0 Å². The maximum absolute atomic E-state index is 5.97. The molecule has 0 radical (unpaired) electrons. The molecule has 0 aliphatic carbocycles. The van der Waals surface area contributed by atoms with Gasteiger partial charge in [-0.1, -0.05) is 22.9 Å². The van der Waals surface area contributed by atoms with Crippen molar-refractivity contribution >= 4 is 17.3 Å². The standard InChI is InChI=1S/C11H10ClN2/c12-11-8-4-5-9-14(11)13-10-6-2-1-3-7-10/h1-9,13H/q+1. The van der Waals surface area contributed by atoms with E-state index in [9.17, 15) is 0 Å². The molecule has 2 rings (SSSR count). The van der Waals surface area contributed by atoms with Crippen molar-refractivity contribution in [1.29, 1.82) is 0 Å². The molecule has 0 bridgehead atoms. The topological polar surface area (TPSA) is 15.9 Å². The quantitative estimate of drug-likeness (QED) is 0.589. The Morgan fingerprint density at radius 3 is 2.36 bits per heavy atom. The number of para-hydroxylation sites is 1. The Bertz CT molecular complexity index is 415. The van der Waals surface area contributed by atoms with Crippen molar-refractivity contribution in [1.82, 2.24) is 0 Å². The highest BCUT2D eigenvalue weighted by Crippen LogP contribution is 2.04. The predicted octanol–water partition coefficient (Wildman–Crippen LogP) is 2.50. The van der Waals surface area contributed by atoms with E-state index in [0.29, 0.717) is 5.15 Å². The maximum atomic E-state index is 5.97. The molecule has 0 spiro atoms. The Morgan fingerprint density at radius 2 is 1.64 bits per heavy atom. The van der Waals surface area contributed by atoms with Gasteiger partial charge < -0.3 is 0 Å². The summed E-state index contributed by atoms with van der Waals surface area (Å²) in [6, 6.07) is 15.5. The molecule has 1 aromatic heterocycles. The molecule has 70 valence electrons. The number of halogens is 1. The predicted molar refractivity (Wildman–Crippen MR) is 57.1 cm³/mol. The molecule has 0 saturated heterocycles. The van der Waals surface area contributed by atoms with Crippen LogP contribution in [0.4, 0.5) is 5.69 Å². The van der Waals surface area contributed by atoms with Crippen LogP contribution in [0, 0.1) is 0 Å². The first-order valence-electron chi connectivity index (χ1n) is 4.34. The van der Waals surface area contributed by atoms with Gasteiger partial charge in [0, 0.05) is 12.1 Å². The van der Waals surface area contributed by atoms with Crippen molar-refractivity contribution in [2.75, 3.05) is 5.43 Å². The zero-order valence-electron chi connectivity index (χ0n) is 7.52. The zero-order valence-corrected chi connectivity index (χ0v) is 8.28. The van der Waals surface area contributed by atoms with Crippen LogP contribution in [-0.4, -0.2) is 0 Å². The van der Waals surface area contributed by atoms with E-state index >= 15 is 0 Å². The fourth-order valence-electron chi connectivity index (χ4n) is 1.16. The van der Waals surface area contributed by atoms with Gasteiger partial charge in [-0.05, 0) is 29.8 Å². The van der Waals surface area contributed by atoms with E-state index in [-0.39, 0.29) is 0 Å². The first-order chi connectivity index (χ1) is 6.86. The molecule has 1 heterocycles. The fourth-order valence-corrected chi connectivity index (χ4v) is 1.34. The van der Waals surface area contributed by atoms with Crippen LogP contribution in [0.2, 0.25) is 5.15 Å². The van der Waals surface area contributed by atoms with E-state index in [2.05, 4.69) is 5.43 Å². The van der Waals surface area contributed by atoms with E-state index in [1.807, 2.05) is 54.7 Å². The second kappa shape index (κ2) is 4.11. The Kier molecular flexibility index (Phi) is 2.65. The minimum atomic E-state index is 0.649. The molecule has 0 aliphatic rings. The molecule has 0 unspecified atom stereocenters. The fraction of sp³-hybridized carbons (Fsp3) is 0. The molecule has 0 atom stereocenters. The molecule has 3 heteroatoms. The average Bonchev–Trinajstić information content (AvgIpc) is 2.23. The van der Waals surface area contributed by atoms with Gasteiger partial charge in [0.2, 0.25) is 6.20 Å². The van der Waals surface area contributed by atoms with Crippen molar-refractivity contribution in [2.24, 2.45) is 0 Å². The highest BCUT2D eigenvalue weighted by atomic mass is 35.5. The SMILES string of the molecule is Clc1cccc[n+]1Nc1ccccc1. The van der Waals surface area contributed by atoms with Crippen LogP contribution in [0.25, 0.3) is 0 Å². The van der Waals surface area contributed by atoms with Gasteiger partial charge in [-0.25, -0.2) is 0 Å². The largest absolute Gasteiger partial charge is 0.304 e. The molecular weight excluding hydrogens is 196 g/mol. The lowest BCUT2D eigenvalue weighted by Crippen LogP contribution is -2.42. The van der Waals surface area contributed by atoms with Gasteiger partial charge in [-0.15, -0.1) is 0 Å². The van der Waals surface area contributed by atoms with Crippen LogP contribution in [0.5, 0.6) is 0 Å². The van der Waals surface area contributed by atoms with Crippen LogP contribution in [-0.2, 0) is 0 Å². The molecule has 0 fully saturated rings. The van der Waals surface area contributed by atoms with Gasteiger partial charge in [0.1, 0.15) is 0 Å². The first kappa shape index (κ1) is 9.03. The van der Waals surface area contributed by atoms with Crippen LogP contribution in [0.15, 0.2) is 54.7 Å². The zero-order chi connectivity index (χ0) is 9.80. The number of aromatic nitrogens is 1. The summed E-state index contributed by atoms with van der Waals surface area (Å²) < 4.78 is 1.76. The smallest absolute Gasteiger partial charge is 0.159 e. The molecule has 1 N–H and O–H groups in total. The summed E-state index contributed by atoms with van der Waals surface area (Å²) in [6.07, 6.45) is 1.87. The number of rotatable bonds is 2. The van der Waals surface area contributed by atoms with Crippen LogP contribution in [0.1, 0.15) is 0 Å². The lowest BCUT2D eigenvalue weighted by Gasteiger charge is -2.00. The Labute approximate surface area is 87.7 Å². The molecule has 14 heavy (non-hydrogen) atoms. The third-order valence-corrected chi connectivity index (χ3v) is 2.14. The highest BCUT2D eigenvalue weighted by Gasteiger charge is 2.05. The normalized spacial score (nSPS) is 9.79. The van der Waals surface area contributed by atoms with Crippen molar-refractivity contribution in [3.8, 4) is 0 Å². The van der Waals surface area contributed by atoms with Crippen LogP contribution < -0.4 is 10.1 Å². The Hall–Kier alpha value is -1.54. The summed E-state index contributed by atoms with van der Waals surface area (Å²) in [5, 5.41) is 0.649. The molecule has 2 aromatic rings. The monoisotopic (exact) mass is 205 g/mol. The summed E-state index contributed by atoms with van der Waals surface area (Å²) >= 11 is 5.97. The van der Waals surface area contributed by atoms with Crippen molar-refractivity contribution < 1.29 is 4.68 Å². The number of anilines is 1.